The van der Waals surface area contributed by atoms with Crippen molar-refractivity contribution in [1.82, 2.24) is 0 Å². The van der Waals surface area contributed by atoms with Gasteiger partial charge in [-0.25, -0.2) is 0 Å². The van der Waals surface area contributed by atoms with E-state index in [9.17, 15) is 20.4 Å². The summed E-state index contributed by atoms with van der Waals surface area (Å²) in [6.07, 6.45) is 9.59. The van der Waals surface area contributed by atoms with Crippen molar-refractivity contribution in [2.75, 3.05) is 119 Å². The second-order valence-corrected chi connectivity index (χ2v) is 19.6. The highest BCUT2D eigenvalue weighted by Gasteiger charge is 2.22. The van der Waals surface area contributed by atoms with Crippen molar-refractivity contribution in [1.29, 1.82) is 0 Å². The molecule has 4 aromatic rings. The van der Waals surface area contributed by atoms with Crippen molar-refractivity contribution in [2.24, 2.45) is 0 Å². The van der Waals surface area contributed by atoms with E-state index in [1.165, 1.54) is 0 Å². The molecule has 2 aliphatic heterocycles. The van der Waals surface area contributed by atoms with Crippen LogP contribution in [0.5, 0.6) is 46.0 Å². The summed E-state index contributed by atoms with van der Waals surface area (Å²) in [6, 6.07) is 28.6. The zero-order valence-electron chi connectivity index (χ0n) is 45.4. The Balaban J connectivity index is 0.681. The Labute approximate surface area is 460 Å². The van der Waals surface area contributed by atoms with E-state index in [4.69, 9.17) is 66.3 Å². The number of benzene rings is 4. The maximum Gasteiger partial charge on any atom is 0.127 e. The van der Waals surface area contributed by atoms with E-state index in [0.29, 0.717) is 97.8 Å². The second-order valence-electron chi connectivity index (χ2n) is 19.6. The van der Waals surface area contributed by atoms with Gasteiger partial charge >= 0.3 is 0 Å². The number of rotatable bonds is 49. The molecule has 4 aromatic carbocycles. The van der Waals surface area contributed by atoms with Crippen molar-refractivity contribution >= 4 is 0 Å². The Morgan fingerprint density at radius 3 is 0.718 bits per heavy atom. The number of aliphatic hydroxyl groups excluding tert-OH is 4. The van der Waals surface area contributed by atoms with E-state index >= 15 is 0 Å². The van der Waals surface area contributed by atoms with Crippen molar-refractivity contribution in [3.63, 3.8) is 0 Å². The lowest BCUT2D eigenvalue weighted by Gasteiger charge is -2.14. The molecule has 18 nitrogen and oxygen atoms in total. The molecule has 0 radical (unpaired) electrons. The third-order valence-electron chi connectivity index (χ3n) is 12.2. The normalized spacial score (nSPS) is 16.3. The molecule has 2 heterocycles. The molecule has 0 aromatic heterocycles. The minimum atomic E-state index is -0.767. The van der Waals surface area contributed by atoms with Gasteiger partial charge in [-0.2, -0.15) is 0 Å². The highest BCUT2D eigenvalue weighted by molar-refractivity contribution is 5.39. The molecule has 6 atom stereocenters. The van der Waals surface area contributed by atoms with Gasteiger partial charge in [0.25, 0.3) is 0 Å². The van der Waals surface area contributed by atoms with Crippen molar-refractivity contribution in [2.45, 2.75) is 114 Å². The van der Waals surface area contributed by atoms with Crippen LogP contribution in [-0.4, -0.2) is 176 Å². The quantitative estimate of drug-likeness (QED) is 0.0241. The standard InChI is InChI=1S/C60H86O18/c61-47(39-71-51-13-21-55(22-14-51)77-57-25-17-53(18-26-57)73-41-49(63)37-67-31-9-3-5-11-33-69-43-59-45-75-59)35-65-29-7-1-2-8-30-66-36-48(62)40-72-52-15-23-56(24-16-52)78-58-27-19-54(20-28-58)74-42-50(64)38-68-32-10-4-6-12-34-70-44-60-46-76-60/h13-28,47-50,59-64H,1-12,29-46H2. The molecule has 6 rings (SSSR count). The third-order valence-corrected chi connectivity index (χ3v) is 12.2. The monoisotopic (exact) mass is 1090 g/mol. The van der Waals surface area contributed by atoms with E-state index in [2.05, 4.69) is 0 Å². The first-order chi connectivity index (χ1) is 38.3. The lowest BCUT2D eigenvalue weighted by molar-refractivity contribution is 0.00823. The van der Waals surface area contributed by atoms with Gasteiger partial charge < -0.3 is 86.7 Å². The smallest absolute Gasteiger partial charge is 0.127 e. The van der Waals surface area contributed by atoms with Gasteiger partial charge in [0.2, 0.25) is 0 Å². The summed E-state index contributed by atoms with van der Waals surface area (Å²) in [4.78, 5) is 0. The fourth-order valence-corrected chi connectivity index (χ4v) is 7.57. The number of hydrogen-bond acceptors (Lipinski definition) is 18. The van der Waals surface area contributed by atoms with Gasteiger partial charge in [-0.05, 0) is 136 Å². The molecule has 18 heteroatoms. The third kappa shape index (κ3) is 30.0. The van der Waals surface area contributed by atoms with E-state index in [0.717, 1.165) is 103 Å². The van der Waals surface area contributed by atoms with Crippen LogP contribution < -0.4 is 28.4 Å². The summed E-state index contributed by atoms with van der Waals surface area (Å²) in [7, 11) is 0. The number of hydrogen-bond donors (Lipinski definition) is 4. The molecule has 4 N–H and O–H groups in total. The average molecular weight is 1100 g/mol. The van der Waals surface area contributed by atoms with E-state index in [-0.39, 0.29) is 52.9 Å². The first-order valence-electron chi connectivity index (χ1n) is 28.0. The fourth-order valence-electron chi connectivity index (χ4n) is 7.57. The topological polar surface area (TPSA) is 217 Å². The van der Waals surface area contributed by atoms with Crippen molar-refractivity contribution in [3.05, 3.63) is 97.1 Å². The zero-order chi connectivity index (χ0) is 54.5. The molecular weight excluding hydrogens is 1010 g/mol. The van der Waals surface area contributed by atoms with E-state index in [1.54, 1.807) is 97.1 Å². The molecule has 0 amide bonds. The predicted molar refractivity (Wildman–Crippen MR) is 292 cm³/mol. The van der Waals surface area contributed by atoms with Gasteiger partial charge in [-0.15, -0.1) is 0 Å². The molecule has 2 fully saturated rings. The minimum absolute atomic E-state index is 0.0980. The molecule has 2 aliphatic rings. The highest BCUT2D eigenvalue weighted by atomic mass is 16.6. The Bertz CT molecular complexity index is 1920. The summed E-state index contributed by atoms with van der Waals surface area (Å²) >= 11 is 0. The fraction of sp³-hybridized carbons (Fsp3) is 0.600. The summed E-state index contributed by atoms with van der Waals surface area (Å²) in [6.45, 7) is 8.16. The van der Waals surface area contributed by atoms with Crippen LogP contribution in [0.25, 0.3) is 0 Å². The van der Waals surface area contributed by atoms with Crippen LogP contribution in [-0.2, 0) is 37.9 Å². The summed E-state index contributed by atoms with van der Waals surface area (Å²) in [5.41, 5.74) is 0. The summed E-state index contributed by atoms with van der Waals surface area (Å²) in [5.74, 6) is 4.97. The Morgan fingerprint density at radius 1 is 0.295 bits per heavy atom. The van der Waals surface area contributed by atoms with Gasteiger partial charge in [0.15, 0.2) is 0 Å². The first kappa shape index (κ1) is 62.4. The van der Waals surface area contributed by atoms with Gasteiger partial charge in [0.05, 0.1) is 52.9 Å². The van der Waals surface area contributed by atoms with Crippen LogP contribution in [0.4, 0.5) is 0 Å². The molecule has 434 valence electrons. The second kappa shape index (κ2) is 38.7. The summed E-state index contributed by atoms with van der Waals surface area (Å²) < 4.78 is 78.7. The van der Waals surface area contributed by atoms with E-state index < -0.39 is 24.4 Å². The first-order valence-corrected chi connectivity index (χ1v) is 28.0. The number of epoxide rings is 2. The molecule has 78 heavy (non-hydrogen) atoms. The van der Waals surface area contributed by atoms with Gasteiger partial charge in [-0.1, -0.05) is 38.5 Å². The highest BCUT2D eigenvalue weighted by Crippen LogP contribution is 2.28. The lowest BCUT2D eigenvalue weighted by atomic mass is 10.2. The van der Waals surface area contributed by atoms with Crippen LogP contribution >= 0.6 is 0 Å². The molecule has 0 bridgehead atoms. The molecule has 6 unspecified atom stereocenters. The predicted octanol–water partition coefficient (Wildman–Crippen LogP) is 8.51. The van der Waals surface area contributed by atoms with Crippen LogP contribution in [0.1, 0.15) is 77.0 Å². The molecule has 2 saturated heterocycles. The van der Waals surface area contributed by atoms with Crippen LogP contribution in [0.3, 0.4) is 0 Å². The van der Waals surface area contributed by atoms with Gasteiger partial charge in [0, 0.05) is 39.6 Å². The number of unbranched alkanes of at least 4 members (excludes halogenated alkanes) is 9. The Hall–Kier alpha value is -4.80. The Kier molecular flexibility index (Phi) is 31.0. The van der Waals surface area contributed by atoms with Gasteiger partial charge in [0.1, 0.15) is 109 Å². The van der Waals surface area contributed by atoms with Crippen LogP contribution in [0.2, 0.25) is 0 Å². The number of aliphatic hydroxyl groups is 4. The van der Waals surface area contributed by atoms with Crippen molar-refractivity contribution in [3.8, 4) is 46.0 Å². The molecular formula is C60H86O18. The SMILES string of the molecule is OC(COCCCCCCOCC(O)COc1ccc(Oc2ccc(OCC(O)COCCCCCCOCC3CO3)cc2)cc1)COc1ccc(Oc2ccc(OCC(O)COCCCCCCOCC3CO3)cc2)cc1. The largest absolute Gasteiger partial charge is 0.491 e. The molecule has 0 aliphatic carbocycles. The van der Waals surface area contributed by atoms with Crippen LogP contribution in [0, 0.1) is 0 Å². The van der Waals surface area contributed by atoms with Crippen LogP contribution in [0.15, 0.2) is 97.1 Å². The average Bonchev–Trinajstić information content (AvgIpc) is 4.42. The van der Waals surface area contributed by atoms with Crippen molar-refractivity contribution < 1.29 is 86.7 Å². The Morgan fingerprint density at radius 2 is 0.500 bits per heavy atom. The van der Waals surface area contributed by atoms with Gasteiger partial charge in [-0.3, -0.25) is 0 Å². The lowest BCUT2D eigenvalue weighted by Crippen LogP contribution is -2.23. The minimum Gasteiger partial charge on any atom is -0.491 e. The maximum atomic E-state index is 10.4. The zero-order valence-corrected chi connectivity index (χ0v) is 45.4. The molecule has 0 saturated carbocycles. The maximum absolute atomic E-state index is 10.4. The van der Waals surface area contributed by atoms with E-state index in [1.807, 2.05) is 0 Å². The number of ether oxygens (including phenoxy) is 14. The summed E-state index contributed by atoms with van der Waals surface area (Å²) in [5, 5.41) is 41.2. The molecule has 0 spiro atoms.